The molecule has 26 heavy (non-hydrogen) atoms. The molecule has 7 heteroatoms. The molecule has 2 heterocycles. The van der Waals surface area contributed by atoms with Gasteiger partial charge in [0.05, 0.1) is 17.6 Å². The molecule has 0 saturated carbocycles. The van der Waals surface area contributed by atoms with Crippen molar-refractivity contribution in [2.24, 2.45) is 0 Å². The number of benzene rings is 1. The lowest BCUT2D eigenvalue weighted by Crippen LogP contribution is -2.29. The van der Waals surface area contributed by atoms with E-state index in [0.29, 0.717) is 17.9 Å². The quantitative estimate of drug-likeness (QED) is 0.739. The Morgan fingerprint density at radius 2 is 2.08 bits per heavy atom. The smallest absolute Gasteiger partial charge is 0.273 e. The molecule has 0 aliphatic heterocycles. The van der Waals surface area contributed by atoms with Crippen LogP contribution in [-0.2, 0) is 6.42 Å². The van der Waals surface area contributed by atoms with Gasteiger partial charge in [-0.2, -0.15) is 5.10 Å². The van der Waals surface area contributed by atoms with Gasteiger partial charge in [-0.15, -0.1) is 0 Å². The number of aromatic amines is 1. The minimum atomic E-state index is -0.286. The van der Waals surface area contributed by atoms with E-state index in [-0.39, 0.29) is 11.7 Å². The van der Waals surface area contributed by atoms with E-state index in [1.54, 1.807) is 24.2 Å². The predicted octanol–water partition coefficient (Wildman–Crippen LogP) is 3.02. The Morgan fingerprint density at radius 3 is 2.81 bits per heavy atom. The van der Waals surface area contributed by atoms with Crippen molar-refractivity contribution in [3.63, 3.8) is 0 Å². The summed E-state index contributed by atoms with van der Waals surface area (Å²) in [7, 11) is 1.75. The third-order valence-corrected chi connectivity index (χ3v) is 4.04. The number of rotatable bonds is 6. The minimum Gasteiger partial charge on any atom is -0.340 e. The number of nitrogens with zero attached hydrogens (tertiary/aromatic N) is 4. The molecule has 0 aliphatic rings. The van der Waals surface area contributed by atoms with Crippen LogP contribution in [0, 0.1) is 12.7 Å². The molecule has 0 spiro atoms. The molecular weight excluding hydrogens is 333 g/mol. The number of carbonyl (C=O) groups is 1. The number of hydrogen-bond acceptors (Lipinski definition) is 4. The van der Waals surface area contributed by atoms with Crippen molar-refractivity contribution in [2.75, 3.05) is 13.6 Å². The summed E-state index contributed by atoms with van der Waals surface area (Å²) in [4.78, 5) is 22.1. The molecule has 2 aromatic heterocycles. The molecule has 0 radical (unpaired) electrons. The molecule has 1 N–H and O–H groups in total. The minimum absolute atomic E-state index is 0.150. The fourth-order valence-electron chi connectivity index (χ4n) is 2.59. The number of nitrogens with one attached hydrogen (secondary N) is 1. The summed E-state index contributed by atoms with van der Waals surface area (Å²) in [5.41, 5.74) is 3.50. The highest BCUT2D eigenvalue weighted by molar-refractivity contribution is 5.91. The number of H-pyrrole nitrogens is 1. The Balaban J connectivity index is 1.53. The number of aryl methyl sites for hydroxylation is 2. The lowest BCUT2D eigenvalue weighted by atomic mass is 10.1. The van der Waals surface area contributed by atoms with Gasteiger partial charge in [0.15, 0.2) is 0 Å². The highest BCUT2D eigenvalue weighted by Crippen LogP contribution is 2.19. The van der Waals surface area contributed by atoms with Crippen molar-refractivity contribution in [3.05, 3.63) is 65.6 Å². The molecule has 0 unspecified atom stereocenters. The third-order valence-electron chi connectivity index (χ3n) is 4.04. The standard InChI is InChI=1S/C19H20FN5O/c1-13-11-22-18(12-21-13)19(26)25(2)8-4-7-16-10-17(24-23-16)14-5-3-6-15(20)9-14/h3,5-6,9-12H,4,7-8H2,1-2H3,(H,23,24). The Morgan fingerprint density at radius 1 is 1.23 bits per heavy atom. The fraction of sp³-hybridized carbons (Fsp3) is 0.263. The molecule has 0 bridgehead atoms. The van der Waals surface area contributed by atoms with Gasteiger partial charge < -0.3 is 4.90 Å². The van der Waals surface area contributed by atoms with Gasteiger partial charge >= 0.3 is 0 Å². The van der Waals surface area contributed by atoms with E-state index in [0.717, 1.165) is 29.8 Å². The summed E-state index contributed by atoms with van der Waals surface area (Å²) < 4.78 is 13.3. The summed E-state index contributed by atoms with van der Waals surface area (Å²) in [5, 5.41) is 7.19. The summed E-state index contributed by atoms with van der Waals surface area (Å²) in [5.74, 6) is -0.436. The zero-order valence-electron chi connectivity index (χ0n) is 14.7. The SMILES string of the molecule is Cc1cnc(C(=O)N(C)CCCc2cc(-c3cccc(F)c3)n[nH]2)cn1. The molecule has 134 valence electrons. The molecule has 3 aromatic rings. The molecule has 1 amide bonds. The van der Waals surface area contributed by atoms with Crippen LogP contribution in [-0.4, -0.2) is 44.6 Å². The lowest BCUT2D eigenvalue weighted by Gasteiger charge is -2.16. The van der Waals surface area contributed by atoms with Crippen molar-refractivity contribution in [1.29, 1.82) is 0 Å². The van der Waals surface area contributed by atoms with Crippen LogP contribution in [0.3, 0.4) is 0 Å². The van der Waals surface area contributed by atoms with E-state index >= 15 is 0 Å². The summed E-state index contributed by atoms with van der Waals surface area (Å²) in [6.07, 6.45) is 4.58. The van der Waals surface area contributed by atoms with Crippen LogP contribution in [0.15, 0.2) is 42.7 Å². The average Bonchev–Trinajstić information content (AvgIpc) is 3.10. The maximum Gasteiger partial charge on any atom is 0.273 e. The maximum absolute atomic E-state index is 13.3. The zero-order chi connectivity index (χ0) is 18.5. The van der Waals surface area contributed by atoms with E-state index < -0.39 is 0 Å². The van der Waals surface area contributed by atoms with Crippen molar-refractivity contribution in [3.8, 4) is 11.3 Å². The topological polar surface area (TPSA) is 74.8 Å². The van der Waals surface area contributed by atoms with Crippen LogP contribution >= 0.6 is 0 Å². The second-order valence-corrected chi connectivity index (χ2v) is 6.16. The van der Waals surface area contributed by atoms with Gasteiger partial charge in [0, 0.05) is 31.0 Å². The van der Waals surface area contributed by atoms with Gasteiger partial charge in [-0.3, -0.25) is 14.9 Å². The molecule has 0 fully saturated rings. The van der Waals surface area contributed by atoms with Crippen LogP contribution < -0.4 is 0 Å². The number of halogens is 1. The van der Waals surface area contributed by atoms with E-state index in [1.165, 1.54) is 18.3 Å². The van der Waals surface area contributed by atoms with Gasteiger partial charge in [0.25, 0.3) is 5.91 Å². The largest absolute Gasteiger partial charge is 0.340 e. The molecule has 0 saturated heterocycles. The van der Waals surface area contributed by atoms with Crippen LogP contribution in [0.5, 0.6) is 0 Å². The molecular formula is C19H20FN5O. The van der Waals surface area contributed by atoms with E-state index in [4.69, 9.17) is 0 Å². The Kier molecular flexibility index (Phi) is 5.36. The van der Waals surface area contributed by atoms with Crippen LogP contribution in [0.2, 0.25) is 0 Å². The number of aromatic nitrogens is 4. The highest BCUT2D eigenvalue weighted by Gasteiger charge is 2.13. The maximum atomic E-state index is 13.3. The van der Waals surface area contributed by atoms with Crippen LogP contribution in [0.4, 0.5) is 4.39 Å². The Labute approximate surface area is 151 Å². The Bertz CT molecular complexity index is 891. The summed E-state index contributed by atoms with van der Waals surface area (Å²) in [6, 6.07) is 8.24. The molecule has 0 atom stereocenters. The first-order valence-corrected chi connectivity index (χ1v) is 8.37. The van der Waals surface area contributed by atoms with Gasteiger partial charge in [-0.05, 0) is 38.0 Å². The fourth-order valence-corrected chi connectivity index (χ4v) is 2.59. The Hall–Kier alpha value is -3.09. The van der Waals surface area contributed by atoms with Crippen LogP contribution in [0.1, 0.15) is 28.3 Å². The van der Waals surface area contributed by atoms with E-state index in [9.17, 15) is 9.18 Å². The van der Waals surface area contributed by atoms with E-state index in [1.807, 2.05) is 19.1 Å². The number of amides is 1. The monoisotopic (exact) mass is 353 g/mol. The first kappa shape index (κ1) is 17.7. The van der Waals surface area contributed by atoms with Gasteiger partial charge in [-0.25, -0.2) is 9.37 Å². The summed E-state index contributed by atoms with van der Waals surface area (Å²) >= 11 is 0. The second-order valence-electron chi connectivity index (χ2n) is 6.16. The highest BCUT2D eigenvalue weighted by atomic mass is 19.1. The second kappa shape index (κ2) is 7.86. The molecule has 6 nitrogen and oxygen atoms in total. The van der Waals surface area contributed by atoms with Gasteiger partial charge in [-0.1, -0.05) is 12.1 Å². The molecule has 3 rings (SSSR count). The third kappa shape index (κ3) is 4.30. The van der Waals surface area contributed by atoms with Crippen molar-refractivity contribution in [1.82, 2.24) is 25.1 Å². The van der Waals surface area contributed by atoms with Gasteiger partial charge in [0.2, 0.25) is 0 Å². The first-order valence-electron chi connectivity index (χ1n) is 8.37. The van der Waals surface area contributed by atoms with E-state index in [2.05, 4.69) is 20.2 Å². The lowest BCUT2D eigenvalue weighted by molar-refractivity contribution is 0.0787. The average molecular weight is 353 g/mol. The normalized spacial score (nSPS) is 10.7. The van der Waals surface area contributed by atoms with Crippen molar-refractivity contribution in [2.45, 2.75) is 19.8 Å². The van der Waals surface area contributed by atoms with Crippen molar-refractivity contribution < 1.29 is 9.18 Å². The first-order chi connectivity index (χ1) is 12.5. The van der Waals surface area contributed by atoms with Gasteiger partial charge in [0.1, 0.15) is 11.5 Å². The predicted molar refractivity (Wildman–Crippen MR) is 96.0 cm³/mol. The molecule has 0 aliphatic carbocycles. The van der Waals surface area contributed by atoms with Crippen molar-refractivity contribution >= 4 is 5.91 Å². The zero-order valence-corrected chi connectivity index (χ0v) is 14.7. The molecule has 1 aromatic carbocycles. The number of carbonyl (C=O) groups excluding carboxylic acids is 1. The summed E-state index contributed by atoms with van der Waals surface area (Å²) in [6.45, 7) is 2.41. The van der Waals surface area contributed by atoms with Crippen LogP contribution in [0.25, 0.3) is 11.3 Å². The number of hydrogen-bond donors (Lipinski definition) is 1.